The van der Waals surface area contributed by atoms with Gasteiger partial charge in [0.15, 0.2) is 0 Å². The maximum Gasteiger partial charge on any atom is 0.270 e. The molecule has 0 amide bonds. The SMILES string of the molecule is Cc1ccc([N+](=O)[O-])cc1S(=O)(=O)NC[C@@H](C)c1ccccc1. The van der Waals surface area contributed by atoms with Gasteiger partial charge >= 0.3 is 0 Å². The Morgan fingerprint density at radius 3 is 2.43 bits per heavy atom. The highest BCUT2D eigenvalue weighted by molar-refractivity contribution is 7.89. The third-order valence-electron chi connectivity index (χ3n) is 3.62. The Morgan fingerprint density at radius 1 is 1.17 bits per heavy atom. The molecule has 23 heavy (non-hydrogen) atoms. The van der Waals surface area contributed by atoms with Crippen LogP contribution >= 0.6 is 0 Å². The lowest BCUT2D eigenvalue weighted by atomic mass is 10.0. The van der Waals surface area contributed by atoms with Gasteiger partial charge in [0.05, 0.1) is 9.82 Å². The van der Waals surface area contributed by atoms with Crippen molar-refractivity contribution in [3.05, 3.63) is 69.8 Å². The third kappa shape index (κ3) is 4.14. The van der Waals surface area contributed by atoms with Gasteiger partial charge in [0, 0.05) is 18.7 Å². The van der Waals surface area contributed by atoms with Crippen molar-refractivity contribution in [1.82, 2.24) is 4.72 Å². The van der Waals surface area contributed by atoms with Crippen LogP contribution in [0.1, 0.15) is 24.0 Å². The van der Waals surface area contributed by atoms with Gasteiger partial charge in [-0.25, -0.2) is 13.1 Å². The molecule has 0 radical (unpaired) electrons. The molecule has 0 heterocycles. The Balaban J connectivity index is 2.19. The summed E-state index contributed by atoms with van der Waals surface area (Å²) in [7, 11) is -3.80. The van der Waals surface area contributed by atoms with Crippen LogP contribution < -0.4 is 4.72 Å². The second-order valence-corrected chi connectivity index (χ2v) is 7.11. The van der Waals surface area contributed by atoms with Gasteiger partial charge in [-0.05, 0) is 24.0 Å². The molecule has 0 aliphatic carbocycles. The smallest absolute Gasteiger partial charge is 0.258 e. The van der Waals surface area contributed by atoms with Crippen LogP contribution in [0.5, 0.6) is 0 Å². The zero-order valence-corrected chi connectivity index (χ0v) is 13.7. The van der Waals surface area contributed by atoms with E-state index in [0.29, 0.717) is 5.56 Å². The van der Waals surface area contributed by atoms with Gasteiger partial charge in [0.2, 0.25) is 10.0 Å². The lowest BCUT2D eigenvalue weighted by molar-refractivity contribution is -0.385. The van der Waals surface area contributed by atoms with Gasteiger partial charge in [0.25, 0.3) is 5.69 Å². The molecule has 6 nitrogen and oxygen atoms in total. The molecule has 0 bridgehead atoms. The Bertz CT molecular complexity index is 804. The van der Waals surface area contributed by atoms with Crippen molar-refractivity contribution in [2.24, 2.45) is 0 Å². The molecule has 0 saturated carbocycles. The number of hydrogen-bond donors (Lipinski definition) is 1. The molecule has 0 spiro atoms. The fourth-order valence-corrected chi connectivity index (χ4v) is 3.60. The number of rotatable bonds is 6. The molecule has 122 valence electrons. The molecule has 2 aromatic carbocycles. The first-order valence-corrected chi connectivity index (χ1v) is 8.59. The van der Waals surface area contributed by atoms with Crippen LogP contribution in [0.3, 0.4) is 0 Å². The van der Waals surface area contributed by atoms with Crippen molar-refractivity contribution >= 4 is 15.7 Å². The number of hydrogen-bond acceptors (Lipinski definition) is 4. The Kier molecular flexibility index (Phi) is 5.12. The van der Waals surface area contributed by atoms with Gasteiger partial charge in [-0.2, -0.15) is 0 Å². The van der Waals surface area contributed by atoms with Crippen molar-refractivity contribution in [2.45, 2.75) is 24.7 Å². The van der Waals surface area contributed by atoms with E-state index >= 15 is 0 Å². The Morgan fingerprint density at radius 2 is 1.83 bits per heavy atom. The van der Waals surface area contributed by atoms with Crippen LogP contribution in [0, 0.1) is 17.0 Å². The van der Waals surface area contributed by atoms with Crippen LogP contribution in [0.25, 0.3) is 0 Å². The number of nitro benzene ring substituents is 1. The third-order valence-corrected chi connectivity index (χ3v) is 5.19. The fraction of sp³-hybridized carbons (Fsp3) is 0.250. The zero-order valence-electron chi connectivity index (χ0n) is 12.9. The van der Waals surface area contributed by atoms with Crippen molar-refractivity contribution < 1.29 is 13.3 Å². The molecular formula is C16H18N2O4S. The molecule has 0 aliphatic rings. The van der Waals surface area contributed by atoms with E-state index in [9.17, 15) is 18.5 Å². The number of nitrogens with one attached hydrogen (secondary N) is 1. The first kappa shape index (κ1) is 17.1. The molecule has 0 saturated heterocycles. The molecule has 0 unspecified atom stereocenters. The summed E-state index contributed by atoms with van der Waals surface area (Å²) < 4.78 is 27.4. The van der Waals surface area contributed by atoms with E-state index in [0.717, 1.165) is 11.6 Å². The van der Waals surface area contributed by atoms with Gasteiger partial charge in [-0.3, -0.25) is 10.1 Å². The summed E-state index contributed by atoms with van der Waals surface area (Å²) in [6.07, 6.45) is 0. The normalized spacial score (nSPS) is 12.8. The molecule has 2 aromatic rings. The van der Waals surface area contributed by atoms with E-state index in [1.165, 1.54) is 12.1 Å². The van der Waals surface area contributed by atoms with Gasteiger partial charge < -0.3 is 0 Å². The number of nitro groups is 1. The van der Waals surface area contributed by atoms with Crippen molar-refractivity contribution in [3.63, 3.8) is 0 Å². The molecule has 2 rings (SSSR count). The number of aryl methyl sites for hydroxylation is 1. The number of sulfonamides is 1. The second kappa shape index (κ2) is 6.89. The minimum Gasteiger partial charge on any atom is -0.258 e. The predicted molar refractivity (Wildman–Crippen MR) is 87.9 cm³/mol. The quantitative estimate of drug-likeness (QED) is 0.649. The summed E-state index contributed by atoms with van der Waals surface area (Å²) in [6.45, 7) is 3.74. The first-order valence-electron chi connectivity index (χ1n) is 7.11. The van der Waals surface area contributed by atoms with Crippen molar-refractivity contribution in [1.29, 1.82) is 0 Å². The first-order chi connectivity index (χ1) is 10.8. The summed E-state index contributed by atoms with van der Waals surface area (Å²) in [5.74, 6) is -0.00928. The highest BCUT2D eigenvalue weighted by Gasteiger charge is 2.21. The van der Waals surface area contributed by atoms with Gasteiger partial charge in [-0.1, -0.05) is 43.3 Å². The second-order valence-electron chi connectivity index (χ2n) is 5.37. The lowest BCUT2D eigenvalue weighted by Crippen LogP contribution is -2.28. The van der Waals surface area contributed by atoms with Crippen LogP contribution in [0.2, 0.25) is 0 Å². The summed E-state index contributed by atoms with van der Waals surface area (Å²) in [4.78, 5) is 10.2. The largest absolute Gasteiger partial charge is 0.270 e. The summed E-state index contributed by atoms with van der Waals surface area (Å²) in [6, 6.07) is 13.4. The Labute approximate surface area is 135 Å². The van der Waals surface area contributed by atoms with E-state index in [4.69, 9.17) is 0 Å². The minimum absolute atomic E-state index is 0.00928. The molecular weight excluding hydrogens is 316 g/mol. The van der Waals surface area contributed by atoms with E-state index < -0.39 is 14.9 Å². The molecule has 0 aliphatic heterocycles. The van der Waals surface area contributed by atoms with Gasteiger partial charge in [-0.15, -0.1) is 0 Å². The van der Waals surface area contributed by atoms with Crippen LogP contribution in [0.4, 0.5) is 5.69 Å². The fourth-order valence-electron chi connectivity index (χ4n) is 2.20. The maximum atomic E-state index is 12.4. The molecule has 7 heteroatoms. The number of benzene rings is 2. The molecule has 0 aromatic heterocycles. The monoisotopic (exact) mass is 334 g/mol. The molecule has 0 fully saturated rings. The van der Waals surface area contributed by atoms with E-state index in [2.05, 4.69) is 4.72 Å². The number of nitrogens with zero attached hydrogens (tertiary/aromatic N) is 1. The average molecular weight is 334 g/mol. The number of non-ortho nitro benzene ring substituents is 1. The van der Waals surface area contributed by atoms with Crippen LogP contribution in [-0.2, 0) is 10.0 Å². The maximum absolute atomic E-state index is 12.4. The van der Waals surface area contributed by atoms with E-state index in [1.807, 2.05) is 37.3 Å². The molecule has 1 N–H and O–H groups in total. The minimum atomic E-state index is -3.80. The zero-order chi connectivity index (χ0) is 17.0. The van der Waals surface area contributed by atoms with Crippen molar-refractivity contribution in [3.8, 4) is 0 Å². The molecule has 1 atom stereocenters. The highest BCUT2D eigenvalue weighted by atomic mass is 32.2. The highest BCUT2D eigenvalue weighted by Crippen LogP contribution is 2.22. The summed E-state index contributed by atoms with van der Waals surface area (Å²) >= 11 is 0. The van der Waals surface area contributed by atoms with Crippen molar-refractivity contribution in [2.75, 3.05) is 6.54 Å². The summed E-state index contributed by atoms with van der Waals surface area (Å²) in [5, 5.41) is 10.8. The lowest BCUT2D eigenvalue weighted by Gasteiger charge is -2.14. The van der Waals surface area contributed by atoms with E-state index in [1.54, 1.807) is 6.92 Å². The standard InChI is InChI=1S/C16H18N2O4S/c1-12-8-9-15(18(19)20)10-16(12)23(21,22)17-11-13(2)14-6-4-3-5-7-14/h3-10,13,17H,11H2,1-2H3/t13-/m1/s1. The van der Waals surface area contributed by atoms with Gasteiger partial charge in [0.1, 0.15) is 0 Å². The average Bonchev–Trinajstić information content (AvgIpc) is 2.53. The summed E-state index contributed by atoms with van der Waals surface area (Å²) in [5.41, 5.74) is 1.24. The van der Waals surface area contributed by atoms with Crippen LogP contribution in [0.15, 0.2) is 53.4 Å². The van der Waals surface area contributed by atoms with Crippen LogP contribution in [-0.4, -0.2) is 19.9 Å². The van der Waals surface area contributed by atoms with E-state index in [-0.39, 0.29) is 23.0 Å². The predicted octanol–water partition coefficient (Wildman–Crippen LogP) is 2.99. The topological polar surface area (TPSA) is 89.3 Å². The Hall–Kier alpha value is -2.25.